The van der Waals surface area contributed by atoms with Crippen LogP contribution in [-0.2, 0) is 16.1 Å². The van der Waals surface area contributed by atoms with Crippen LogP contribution in [0.2, 0.25) is 0 Å². The zero-order chi connectivity index (χ0) is 20.0. The molecule has 3 amide bonds. The number of hydrogen-bond acceptors (Lipinski definition) is 3. The quantitative estimate of drug-likeness (QED) is 0.522. The Kier molecular flexibility index (Phi) is 9.58. The summed E-state index contributed by atoms with van der Waals surface area (Å²) in [7, 11) is 0. The number of ether oxygens (including phenoxy) is 1. The van der Waals surface area contributed by atoms with Gasteiger partial charge in [-0.25, -0.2) is 4.79 Å². The minimum absolute atomic E-state index is 0.0375. The van der Waals surface area contributed by atoms with Gasteiger partial charge in [-0.2, -0.15) is 0 Å². The fourth-order valence-electron chi connectivity index (χ4n) is 2.60. The topological polar surface area (TPSA) is 79.5 Å². The summed E-state index contributed by atoms with van der Waals surface area (Å²) in [6, 6.07) is 19.4. The van der Waals surface area contributed by atoms with Crippen LogP contribution in [0.1, 0.15) is 37.0 Å². The van der Waals surface area contributed by atoms with Crippen molar-refractivity contribution in [3.05, 3.63) is 71.8 Å². The molecular weight excluding hydrogens is 354 g/mol. The predicted octanol–water partition coefficient (Wildman–Crippen LogP) is 3.16. The lowest BCUT2D eigenvalue weighted by Gasteiger charge is -2.13. The first kappa shape index (κ1) is 21.4. The van der Waals surface area contributed by atoms with Gasteiger partial charge in [0.1, 0.15) is 0 Å². The van der Waals surface area contributed by atoms with E-state index in [0.29, 0.717) is 26.2 Å². The Morgan fingerprint density at radius 2 is 1.57 bits per heavy atom. The predicted molar refractivity (Wildman–Crippen MR) is 110 cm³/mol. The van der Waals surface area contributed by atoms with Gasteiger partial charge < -0.3 is 20.7 Å². The van der Waals surface area contributed by atoms with E-state index in [1.54, 1.807) is 0 Å². The summed E-state index contributed by atoms with van der Waals surface area (Å²) in [4.78, 5) is 23.5. The van der Waals surface area contributed by atoms with Gasteiger partial charge >= 0.3 is 6.03 Å². The molecule has 1 atom stereocenters. The van der Waals surface area contributed by atoms with Crippen molar-refractivity contribution >= 4 is 11.9 Å². The Hall–Kier alpha value is -2.86. The van der Waals surface area contributed by atoms with Gasteiger partial charge in [-0.1, -0.05) is 60.7 Å². The van der Waals surface area contributed by atoms with Crippen molar-refractivity contribution in [1.82, 2.24) is 16.0 Å². The first-order chi connectivity index (χ1) is 13.6. The Morgan fingerprint density at radius 1 is 0.893 bits per heavy atom. The highest BCUT2D eigenvalue weighted by molar-refractivity contribution is 5.78. The zero-order valence-electron chi connectivity index (χ0n) is 16.3. The van der Waals surface area contributed by atoms with Gasteiger partial charge in [-0.05, 0) is 24.5 Å². The third-order valence-corrected chi connectivity index (χ3v) is 4.21. The Labute approximate surface area is 166 Å². The molecule has 0 spiro atoms. The highest BCUT2D eigenvalue weighted by Gasteiger charge is 2.06. The molecule has 0 aliphatic rings. The average molecular weight is 383 g/mol. The zero-order valence-corrected chi connectivity index (χ0v) is 16.3. The normalized spacial score (nSPS) is 11.5. The fraction of sp³-hybridized carbons (Fsp3) is 0.364. The van der Waals surface area contributed by atoms with Crippen LogP contribution in [0.4, 0.5) is 4.79 Å². The van der Waals surface area contributed by atoms with E-state index in [0.717, 1.165) is 17.5 Å². The molecule has 0 aliphatic carbocycles. The first-order valence-electron chi connectivity index (χ1n) is 9.64. The molecule has 0 saturated heterocycles. The molecule has 0 heterocycles. The van der Waals surface area contributed by atoms with Gasteiger partial charge in [0, 0.05) is 32.7 Å². The second-order valence-corrected chi connectivity index (χ2v) is 6.47. The summed E-state index contributed by atoms with van der Waals surface area (Å²) in [6.45, 7) is 3.91. The second-order valence-electron chi connectivity index (χ2n) is 6.47. The van der Waals surface area contributed by atoms with E-state index in [1.807, 2.05) is 67.6 Å². The van der Waals surface area contributed by atoms with Gasteiger partial charge in [-0.3, -0.25) is 4.79 Å². The van der Waals surface area contributed by atoms with Crippen LogP contribution in [0.3, 0.4) is 0 Å². The molecule has 2 aromatic carbocycles. The molecular formula is C22H29N3O3. The van der Waals surface area contributed by atoms with Crippen LogP contribution >= 0.6 is 0 Å². The summed E-state index contributed by atoms with van der Waals surface area (Å²) in [5, 5.41) is 8.28. The lowest BCUT2D eigenvalue weighted by atomic mass is 10.1. The van der Waals surface area contributed by atoms with Crippen LogP contribution < -0.4 is 16.0 Å². The number of amides is 3. The molecule has 0 aliphatic heterocycles. The number of carbonyl (C=O) groups excluding carboxylic acids is 2. The summed E-state index contributed by atoms with van der Waals surface area (Å²) in [5.74, 6) is -0.0838. The van der Waals surface area contributed by atoms with Gasteiger partial charge in [-0.15, -0.1) is 0 Å². The Morgan fingerprint density at radius 3 is 2.29 bits per heavy atom. The maximum atomic E-state index is 11.8. The number of hydrogen-bond donors (Lipinski definition) is 3. The molecule has 6 nitrogen and oxygen atoms in total. The third kappa shape index (κ3) is 8.68. The van der Waals surface area contributed by atoms with Crippen molar-refractivity contribution < 1.29 is 14.3 Å². The van der Waals surface area contributed by atoms with E-state index >= 15 is 0 Å². The van der Waals surface area contributed by atoms with Crippen molar-refractivity contribution in [2.75, 3.05) is 19.7 Å². The molecule has 0 fully saturated rings. The van der Waals surface area contributed by atoms with Crippen molar-refractivity contribution in [3.8, 4) is 0 Å². The largest absolute Gasteiger partial charge is 0.374 e. The van der Waals surface area contributed by atoms with Crippen LogP contribution in [0, 0.1) is 0 Å². The lowest BCUT2D eigenvalue weighted by molar-refractivity contribution is -0.121. The minimum Gasteiger partial charge on any atom is -0.374 e. The van der Waals surface area contributed by atoms with E-state index < -0.39 is 0 Å². The molecule has 6 heteroatoms. The highest BCUT2D eigenvalue weighted by Crippen LogP contribution is 2.15. The SMILES string of the molecule is CC(OCCCNC(=O)CCNC(=O)NCc1ccccc1)c1ccccc1. The first-order valence-corrected chi connectivity index (χ1v) is 9.64. The summed E-state index contributed by atoms with van der Waals surface area (Å²) in [5.41, 5.74) is 2.17. The van der Waals surface area contributed by atoms with Crippen LogP contribution in [0.5, 0.6) is 0 Å². The van der Waals surface area contributed by atoms with E-state index in [-0.39, 0.29) is 24.5 Å². The van der Waals surface area contributed by atoms with Gasteiger partial charge in [0.25, 0.3) is 0 Å². The molecule has 0 bridgehead atoms. The van der Waals surface area contributed by atoms with Gasteiger partial charge in [0.15, 0.2) is 0 Å². The van der Waals surface area contributed by atoms with Crippen molar-refractivity contribution in [3.63, 3.8) is 0 Å². The lowest BCUT2D eigenvalue weighted by Crippen LogP contribution is -2.37. The molecule has 1 unspecified atom stereocenters. The summed E-state index contributed by atoms with van der Waals surface area (Å²) < 4.78 is 5.77. The molecule has 2 rings (SSSR count). The smallest absolute Gasteiger partial charge is 0.315 e. The monoisotopic (exact) mass is 383 g/mol. The maximum Gasteiger partial charge on any atom is 0.315 e. The minimum atomic E-state index is -0.278. The molecule has 0 saturated carbocycles. The summed E-state index contributed by atoms with van der Waals surface area (Å²) in [6.07, 6.45) is 1.03. The number of urea groups is 1. The maximum absolute atomic E-state index is 11.8. The summed E-state index contributed by atoms with van der Waals surface area (Å²) >= 11 is 0. The average Bonchev–Trinajstić information content (AvgIpc) is 2.73. The van der Waals surface area contributed by atoms with Gasteiger partial charge in [0.05, 0.1) is 6.10 Å². The van der Waals surface area contributed by atoms with Crippen LogP contribution in [0.15, 0.2) is 60.7 Å². The molecule has 0 aromatic heterocycles. The highest BCUT2D eigenvalue weighted by atomic mass is 16.5. The molecule has 3 N–H and O–H groups in total. The second kappa shape index (κ2) is 12.5. The van der Waals surface area contributed by atoms with Gasteiger partial charge in [0.2, 0.25) is 5.91 Å². The van der Waals surface area contributed by atoms with Crippen LogP contribution in [0.25, 0.3) is 0 Å². The fourth-order valence-corrected chi connectivity index (χ4v) is 2.60. The standard InChI is InChI=1S/C22H29N3O3/c1-18(20-11-6-3-7-12-20)28-16-8-14-23-21(26)13-15-24-22(27)25-17-19-9-4-2-5-10-19/h2-7,9-12,18H,8,13-17H2,1H3,(H,23,26)(H2,24,25,27). The van der Waals surface area contributed by atoms with E-state index in [4.69, 9.17) is 4.74 Å². The van der Waals surface area contributed by atoms with Crippen molar-refractivity contribution in [2.24, 2.45) is 0 Å². The molecule has 0 radical (unpaired) electrons. The van der Waals surface area contributed by atoms with E-state index in [9.17, 15) is 9.59 Å². The number of nitrogens with one attached hydrogen (secondary N) is 3. The number of rotatable bonds is 11. The number of benzene rings is 2. The van der Waals surface area contributed by atoms with Crippen molar-refractivity contribution in [2.45, 2.75) is 32.4 Å². The van der Waals surface area contributed by atoms with E-state index in [2.05, 4.69) is 16.0 Å². The molecule has 28 heavy (non-hydrogen) atoms. The third-order valence-electron chi connectivity index (χ3n) is 4.21. The van der Waals surface area contributed by atoms with Crippen molar-refractivity contribution in [1.29, 1.82) is 0 Å². The van der Waals surface area contributed by atoms with E-state index in [1.165, 1.54) is 0 Å². The molecule has 150 valence electrons. The molecule has 2 aromatic rings. The van der Waals surface area contributed by atoms with Crippen LogP contribution in [-0.4, -0.2) is 31.6 Å². The number of carbonyl (C=O) groups is 2. The Balaban J connectivity index is 1.47. The Bertz CT molecular complexity index is 707.